The fraction of sp³-hybridized carbons (Fsp3) is 0.467. The van der Waals surface area contributed by atoms with Gasteiger partial charge in [-0.3, -0.25) is 4.90 Å². The van der Waals surface area contributed by atoms with Crippen molar-refractivity contribution in [1.82, 2.24) is 10.2 Å². The van der Waals surface area contributed by atoms with E-state index in [2.05, 4.69) is 45.7 Å². The minimum absolute atomic E-state index is 0.354. The Labute approximate surface area is 129 Å². The molecule has 1 heterocycles. The highest BCUT2D eigenvalue weighted by atomic mass is 79.9. The van der Waals surface area contributed by atoms with Crippen LogP contribution >= 0.6 is 27.5 Å². The van der Waals surface area contributed by atoms with Crippen LogP contribution in [0.1, 0.15) is 24.9 Å². The van der Waals surface area contributed by atoms with Gasteiger partial charge in [0.15, 0.2) is 0 Å². The van der Waals surface area contributed by atoms with Crippen molar-refractivity contribution in [1.29, 1.82) is 0 Å². The first-order valence-corrected chi connectivity index (χ1v) is 7.79. The summed E-state index contributed by atoms with van der Waals surface area (Å²) in [6.45, 7) is 10.4. The van der Waals surface area contributed by atoms with Crippen molar-refractivity contribution in [3.05, 3.63) is 45.4 Å². The Kier molecular flexibility index (Phi) is 5.46. The minimum atomic E-state index is 0.354. The lowest BCUT2D eigenvalue weighted by atomic mass is 9.98. The maximum Gasteiger partial charge on any atom is 0.0410 e. The molecule has 1 aromatic rings. The van der Waals surface area contributed by atoms with Gasteiger partial charge in [0.2, 0.25) is 0 Å². The van der Waals surface area contributed by atoms with Crippen LogP contribution in [0.5, 0.6) is 0 Å². The molecule has 0 spiro atoms. The molecule has 0 amide bonds. The Morgan fingerprint density at radius 1 is 1.47 bits per heavy atom. The Morgan fingerprint density at radius 3 is 2.79 bits per heavy atom. The fourth-order valence-electron chi connectivity index (χ4n) is 2.53. The Hall–Kier alpha value is -0.350. The van der Waals surface area contributed by atoms with Crippen molar-refractivity contribution in [2.75, 3.05) is 26.2 Å². The smallest absolute Gasteiger partial charge is 0.0410 e. The summed E-state index contributed by atoms with van der Waals surface area (Å²) in [6.07, 6.45) is 0.971. The van der Waals surface area contributed by atoms with E-state index >= 15 is 0 Å². The third-order valence-corrected chi connectivity index (χ3v) is 4.41. The van der Waals surface area contributed by atoms with Crippen LogP contribution in [0.4, 0.5) is 0 Å². The predicted molar refractivity (Wildman–Crippen MR) is 85.8 cm³/mol. The molecule has 0 saturated carbocycles. The number of benzene rings is 1. The SMILES string of the molecule is C=C(C)C[C@@H](c1cc(Cl)ccc1Br)N1CCNCC1. The highest BCUT2D eigenvalue weighted by Gasteiger charge is 2.24. The van der Waals surface area contributed by atoms with Crippen LogP contribution in [0.25, 0.3) is 0 Å². The summed E-state index contributed by atoms with van der Waals surface area (Å²) < 4.78 is 1.13. The zero-order chi connectivity index (χ0) is 13.8. The molecule has 2 rings (SSSR count). The van der Waals surface area contributed by atoms with Crippen LogP contribution in [0.15, 0.2) is 34.8 Å². The molecule has 1 aliphatic heterocycles. The largest absolute Gasteiger partial charge is 0.314 e. The van der Waals surface area contributed by atoms with E-state index in [1.165, 1.54) is 11.1 Å². The summed E-state index contributed by atoms with van der Waals surface area (Å²) in [7, 11) is 0. The van der Waals surface area contributed by atoms with Gasteiger partial charge in [-0.05, 0) is 37.1 Å². The van der Waals surface area contributed by atoms with E-state index < -0.39 is 0 Å². The number of nitrogens with zero attached hydrogens (tertiary/aromatic N) is 1. The normalized spacial score (nSPS) is 18.3. The molecule has 0 radical (unpaired) electrons. The van der Waals surface area contributed by atoms with E-state index in [-0.39, 0.29) is 0 Å². The van der Waals surface area contributed by atoms with Crippen molar-refractivity contribution in [2.45, 2.75) is 19.4 Å². The molecule has 2 nitrogen and oxygen atoms in total. The Balaban J connectivity index is 2.29. The van der Waals surface area contributed by atoms with Gasteiger partial charge in [0.1, 0.15) is 0 Å². The third kappa shape index (κ3) is 4.06. The van der Waals surface area contributed by atoms with Crippen molar-refractivity contribution in [2.24, 2.45) is 0 Å². The van der Waals surface area contributed by atoms with Gasteiger partial charge in [-0.15, -0.1) is 6.58 Å². The molecule has 104 valence electrons. The van der Waals surface area contributed by atoms with Gasteiger partial charge in [-0.1, -0.05) is 33.1 Å². The second-order valence-corrected chi connectivity index (χ2v) is 6.42. The molecule has 19 heavy (non-hydrogen) atoms. The summed E-state index contributed by atoms with van der Waals surface area (Å²) in [5.74, 6) is 0. The first kappa shape index (κ1) is 15.0. The second-order valence-electron chi connectivity index (χ2n) is 5.13. The van der Waals surface area contributed by atoms with Crippen molar-refractivity contribution in [3.63, 3.8) is 0 Å². The van der Waals surface area contributed by atoms with Crippen LogP contribution in [-0.4, -0.2) is 31.1 Å². The first-order chi connectivity index (χ1) is 9.08. The molecule has 1 aromatic carbocycles. The standard InChI is InChI=1S/C15H20BrClN2/c1-11(2)9-15(19-7-5-18-6-8-19)13-10-12(17)3-4-14(13)16/h3-4,10,15,18H,1,5-9H2,2H3/t15-/m0/s1. The average molecular weight is 344 g/mol. The summed E-state index contributed by atoms with van der Waals surface area (Å²) in [6, 6.07) is 6.38. The van der Waals surface area contributed by atoms with E-state index in [1.807, 2.05) is 12.1 Å². The molecule has 0 aliphatic carbocycles. The maximum atomic E-state index is 6.16. The highest BCUT2D eigenvalue weighted by Crippen LogP contribution is 2.34. The van der Waals surface area contributed by atoms with E-state index in [0.29, 0.717) is 6.04 Å². The number of halogens is 2. The molecule has 1 fully saturated rings. The zero-order valence-electron chi connectivity index (χ0n) is 11.3. The van der Waals surface area contributed by atoms with Gasteiger partial charge < -0.3 is 5.32 Å². The van der Waals surface area contributed by atoms with Crippen LogP contribution in [0.2, 0.25) is 5.02 Å². The van der Waals surface area contributed by atoms with Gasteiger partial charge in [-0.25, -0.2) is 0 Å². The zero-order valence-corrected chi connectivity index (χ0v) is 13.6. The molecule has 1 aliphatic rings. The van der Waals surface area contributed by atoms with Gasteiger partial charge >= 0.3 is 0 Å². The monoisotopic (exact) mass is 342 g/mol. The molecule has 0 aromatic heterocycles. The molecule has 4 heteroatoms. The highest BCUT2D eigenvalue weighted by molar-refractivity contribution is 9.10. The molecule has 1 atom stereocenters. The third-order valence-electron chi connectivity index (χ3n) is 3.45. The summed E-state index contributed by atoms with van der Waals surface area (Å²) >= 11 is 9.82. The quantitative estimate of drug-likeness (QED) is 0.831. The topological polar surface area (TPSA) is 15.3 Å². The van der Waals surface area contributed by atoms with Crippen LogP contribution in [-0.2, 0) is 0 Å². The molecular weight excluding hydrogens is 324 g/mol. The van der Waals surface area contributed by atoms with Crippen molar-refractivity contribution in [3.8, 4) is 0 Å². The fourth-order valence-corrected chi connectivity index (χ4v) is 3.22. The molecular formula is C15H20BrClN2. The van der Waals surface area contributed by atoms with Crippen molar-refractivity contribution < 1.29 is 0 Å². The second kappa shape index (κ2) is 6.89. The van der Waals surface area contributed by atoms with Gasteiger partial charge in [0, 0.05) is 41.7 Å². The summed E-state index contributed by atoms with van der Waals surface area (Å²) in [5.41, 5.74) is 2.47. The lowest BCUT2D eigenvalue weighted by Crippen LogP contribution is -2.45. The van der Waals surface area contributed by atoms with Gasteiger partial charge in [0.05, 0.1) is 0 Å². The molecule has 0 bridgehead atoms. The molecule has 1 saturated heterocycles. The Morgan fingerprint density at radius 2 is 2.16 bits per heavy atom. The minimum Gasteiger partial charge on any atom is -0.314 e. The first-order valence-electron chi connectivity index (χ1n) is 6.62. The summed E-state index contributed by atoms with van der Waals surface area (Å²) in [5, 5.41) is 4.19. The lowest BCUT2D eigenvalue weighted by Gasteiger charge is -2.36. The Bertz CT molecular complexity index is 455. The van der Waals surface area contributed by atoms with Crippen LogP contribution in [0.3, 0.4) is 0 Å². The van der Waals surface area contributed by atoms with E-state index in [4.69, 9.17) is 11.6 Å². The van der Waals surface area contributed by atoms with Crippen LogP contribution < -0.4 is 5.32 Å². The van der Waals surface area contributed by atoms with Crippen LogP contribution in [0, 0.1) is 0 Å². The molecule has 0 unspecified atom stereocenters. The number of piperazine rings is 1. The summed E-state index contributed by atoms with van der Waals surface area (Å²) in [4.78, 5) is 2.52. The number of hydrogen-bond acceptors (Lipinski definition) is 2. The van der Waals surface area contributed by atoms with Gasteiger partial charge in [0.25, 0.3) is 0 Å². The number of hydrogen-bond donors (Lipinski definition) is 1. The number of nitrogens with one attached hydrogen (secondary N) is 1. The van der Waals surface area contributed by atoms with Gasteiger partial charge in [-0.2, -0.15) is 0 Å². The predicted octanol–water partition coefficient (Wildman–Crippen LogP) is 4.02. The van der Waals surface area contributed by atoms with Crippen molar-refractivity contribution >= 4 is 27.5 Å². The lowest BCUT2D eigenvalue weighted by molar-refractivity contribution is 0.172. The molecule has 1 N–H and O–H groups in total. The van der Waals surface area contributed by atoms with E-state index in [9.17, 15) is 0 Å². The van der Waals surface area contributed by atoms with E-state index in [1.54, 1.807) is 0 Å². The average Bonchev–Trinajstić information content (AvgIpc) is 2.40. The van der Waals surface area contributed by atoms with E-state index in [0.717, 1.165) is 42.1 Å². The number of rotatable bonds is 4. The maximum absolute atomic E-state index is 6.16.